The van der Waals surface area contributed by atoms with Crippen LogP contribution >= 0.6 is 11.8 Å². The third-order valence-corrected chi connectivity index (χ3v) is 4.50. The minimum Gasteiger partial charge on any atom is -0.338 e. The third-order valence-electron chi connectivity index (χ3n) is 3.53. The minimum absolute atomic E-state index is 0.161. The quantitative estimate of drug-likeness (QED) is 0.567. The molecule has 6 nitrogen and oxygen atoms in total. The van der Waals surface area contributed by atoms with E-state index < -0.39 is 6.03 Å². The van der Waals surface area contributed by atoms with Crippen LogP contribution in [0.2, 0.25) is 0 Å². The first-order valence-electron chi connectivity index (χ1n) is 8.31. The average molecular weight is 348 g/mol. The number of rotatable bonds is 8. The van der Waals surface area contributed by atoms with Crippen LogP contribution in [0.4, 0.5) is 4.79 Å². The maximum Gasteiger partial charge on any atom is 0.321 e. The van der Waals surface area contributed by atoms with Gasteiger partial charge in [-0.3, -0.25) is 10.1 Å². The fraction of sp³-hybridized carbons (Fsp3) is 0.471. The summed E-state index contributed by atoms with van der Waals surface area (Å²) in [6.07, 6.45) is 3.40. The van der Waals surface area contributed by atoms with Crippen molar-refractivity contribution in [3.05, 3.63) is 24.3 Å². The van der Waals surface area contributed by atoms with Crippen LogP contribution in [-0.2, 0) is 11.3 Å². The molecule has 1 heterocycles. The Bertz CT molecular complexity index is 699. The Labute approximate surface area is 146 Å². The molecule has 2 rings (SSSR count). The van der Waals surface area contributed by atoms with Gasteiger partial charge < -0.3 is 9.88 Å². The Kier molecular flexibility index (Phi) is 7.11. The Morgan fingerprint density at radius 1 is 1.21 bits per heavy atom. The van der Waals surface area contributed by atoms with E-state index in [2.05, 4.69) is 27.1 Å². The summed E-state index contributed by atoms with van der Waals surface area (Å²) < 4.78 is 2.16. The van der Waals surface area contributed by atoms with Gasteiger partial charge in [-0.25, -0.2) is 9.78 Å². The number of nitrogens with one attached hydrogen (secondary N) is 2. The molecule has 0 aliphatic heterocycles. The lowest BCUT2D eigenvalue weighted by Crippen LogP contribution is -2.40. The fourth-order valence-electron chi connectivity index (χ4n) is 2.40. The minimum atomic E-state index is -0.459. The van der Waals surface area contributed by atoms with Crippen LogP contribution in [0.5, 0.6) is 0 Å². The summed E-state index contributed by atoms with van der Waals surface area (Å²) in [6, 6.07) is 7.52. The van der Waals surface area contributed by atoms with E-state index in [1.54, 1.807) is 6.92 Å². The molecule has 0 unspecified atom stereocenters. The van der Waals surface area contributed by atoms with Gasteiger partial charge in [-0.2, -0.15) is 0 Å². The number of fused-ring (bicyclic) bond motifs is 1. The van der Waals surface area contributed by atoms with Crippen molar-refractivity contribution < 1.29 is 9.59 Å². The third kappa shape index (κ3) is 4.99. The number of imide groups is 1. The zero-order chi connectivity index (χ0) is 17.4. The molecule has 3 amide bonds. The number of nitrogens with zero attached hydrogens (tertiary/aromatic N) is 2. The highest BCUT2D eigenvalue weighted by molar-refractivity contribution is 7.99. The molecule has 0 bridgehead atoms. The van der Waals surface area contributed by atoms with Crippen LogP contribution < -0.4 is 10.6 Å². The SMILES string of the molecule is CCCCCn1c(SCC(=O)NC(=O)NCC)nc2ccccc21. The average Bonchev–Trinajstić information content (AvgIpc) is 2.91. The lowest BCUT2D eigenvalue weighted by atomic mass is 10.2. The first-order valence-corrected chi connectivity index (χ1v) is 9.30. The first-order chi connectivity index (χ1) is 11.7. The molecule has 0 fully saturated rings. The highest BCUT2D eigenvalue weighted by Crippen LogP contribution is 2.24. The maximum absolute atomic E-state index is 11.9. The molecule has 0 saturated heterocycles. The van der Waals surface area contributed by atoms with Crippen LogP contribution in [0, 0.1) is 0 Å². The molecule has 1 aromatic heterocycles. The van der Waals surface area contributed by atoms with Crippen molar-refractivity contribution in [2.75, 3.05) is 12.3 Å². The predicted octanol–water partition coefficient (Wildman–Crippen LogP) is 3.16. The lowest BCUT2D eigenvalue weighted by Gasteiger charge is -2.08. The van der Waals surface area contributed by atoms with Gasteiger partial charge in [-0.05, 0) is 25.5 Å². The van der Waals surface area contributed by atoms with Gasteiger partial charge in [-0.1, -0.05) is 43.7 Å². The van der Waals surface area contributed by atoms with E-state index in [1.165, 1.54) is 11.8 Å². The van der Waals surface area contributed by atoms with Gasteiger partial charge >= 0.3 is 6.03 Å². The van der Waals surface area contributed by atoms with Gasteiger partial charge in [0.15, 0.2) is 5.16 Å². The molecule has 0 spiro atoms. The molecule has 0 aliphatic rings. The van der Waals surface area contributed by atoms with Gasteiger partial charge in [0.05, 0.1) is 16.8 Å². The zero-order valence-electron chi connectivity index (χ0n) is 14.2. The molecular formula is C17H24N4O2S. The second kappa shape index (κ2) is 9.32. The number of carbonyl (C=O) groups excluding carboxylic acids is 2. The number of para-hydroxylation sites is 2. The van der Waals surface area contributed by atoms with Gasteiger partial charge in [0.25, 0.3) is 0 Å². The van der Waals surface area contributed by atoms with Crippen molar-refractivity contribution in [2.24, 2.45) is 0 Å². The number of benzene rings is 1. The molecule has 24 heavy (non-hydrogen) atoms. The van der Waals surface area contributed by atoms with Gasteiger partial charge in [0.1, 0.15) is 0 Å². The number of unbranched alkanes of at least 4 members (excludes halogenated alkanes) is 2. The van der Waals surface area contributed by atoms with Crippen molar-refractivity contribution in [3.63, 3.8) is 0 Å². The molecule has 0 atom stereocenters. The number of urea groups is 1. The molecule has 0 aliphatic carbocycles. The molecule has 2 aromatic rings. The largest absolute Gasteiger partial charge is 0.338 e. The van der Waals surface area contributed by atoms with Crippen molar-refractivity contribution in [2.45, 2.75) is 44.8 Å². The van der Waals surface area contributed by atoms with Gasteiger partial charge in [0, 0.05) is 13.1 Å². The van der Waals surface area contributed by atoms with E-state index in [0.717, 1.165) is 42.0 Å². The molecule has 130 valence electrons. The molecule has 1 aromatic carbocycles. The van der Waals surface area contributed by atoms with Crippen LogP contribution in [0.3, 0.4) is 0 Å². The van der Waals surface area contributed by atoms with E-state index in [4.69, 9.17) is 0 Å². The Morgan fingerprint density at radius 2 is 2.00 bits per heavy atom. The zero-order valence-corrected chi connectivity index (χ0v) is 15.0. The van der Waals surface area contributed by atoms with Gasteiger partial charge in [-0.15, -0.1) is 0 Å². The number of thioether (sulfide) groups is 1. The van der Waals surface area contributed by atoms with E-state index in [9.17, 15) is 9.59 Å². The van der Waals surface area contributed by atoms with E-state index in [1.807, 2.05) is 24.3 Å². The highest BCUT2D eigenvalue weighted by Gasteiger charge is 2.13. The highest BCUT2D eigenvalue weighted by atomic mass is 32.2. The maximum atomic E-state index is 11.9. The second-order valence-corrected chi connectivity index (χ2v) is 6.38. The molecule has 2 N–H and O–H groups in total. The molecule has 7 heteroatoms. The summed E-state index contributed by atoms with van der Waals surface area (Å²) in [6.45, 7) is 5.35. The number of aromatic nitrogens is 2. The van der Waals surface area contributed by atoms with Crippen LogP contribution in [-0.4, -0.2) is 33.8 Å². The normalized spacial score (nSPS) is 10.8. The molecular weight excluding hydrogens is 324 g/mol. The predicted molar refractivity (Wildman–Crippen MR) is 97.2 cm³/mol. The topological polar surface area (TPSA) is 76.0 Å². The van der Waals surface area contributed by atoms with Crippen molar-refractivity contribution in [3.8, 4) is 0 Å². The number of hydrogen-bond acceptors (Lipinski definition) is 4. The first kappa shape index (κ1) is 18.3. The standard InChI is InChI=1S/C17H24N4O2S/c1-3-5-8-11-21-14-10-7-6-9-13(14)19-17(21)24-12-15(22)20-16(23)18-4-2/h6-7,9-10H,3-5,8,11-12H2,1-2H3,(H2,18,20,22,23). The molecule has 0 saturated carbocycles. The lowest BCUT2D eigenvalue weighted by molar-refractivity contribution is -0.117. The number of imidazole rings is 1. The van der Waals surface area contributed by atoms with Crippen molar-refractivity contribution in [1.29, 1.82) is 0 Å². The van der Waals surface area contributed by atoms with Crippen molar-refractivity contribution >= 4 is 34.7 Å². The number of aryl methyl sites for hydroxylation is 1. The van der Waals surface area contributed by atoms with E-state index >= 15 is 0 Å². The summed E-state index contributed by atoms with van der Waals surface area (Å²) in [7, 11) is 0. The smallest absolute Gasteiger partial charge is 0.321 e. The number of carbonyl (C=O) groups is 2. The van der Waals surface area contributed by atoms with Crippen LogP contribution in [0.15, 0.2) is 29.4 Å². The summed E-state index contributed by atoms with van der Waals surface area (Å²) >= 11 is 1.36. The van der Waals surface area contributed by atoms with Crippen LogP contribution in [0.1, 0.15) is 33.1 Å². The molecule has 0 radical (unpaired) electrons. The Morgan fingerprint density at radius 3 is 2.75 bits per heavy atom. The Balaban J connectivity index is 2.05. The van der Waals surface area contributed by atoms with E-state index in [0.29, 0.717) is 6.54 Å². The Hall–Kier alpha value is -2.02. The summed E-state index contributed by atoms with van der Waals surface area (Å²) in [4.78, 5) is 27.9. The fourth-order valence-corrected chi connectivity index (χ4v) is 3.24. The second-order valence-electron chi connectivity index (χ2n) is 5.44. The van der Waals surface area contributed by atoms with Gasteiger partial charge in [0.2, 0.25) is 5.91 Å². The van der Waals surface area contributed by atoms with E-state index in [-0.39, 0.29) is 11.7 Å². The van der Waals surface area contributed by atoms with Crippen molar-refractivity contribution in [1.82, 2.24) is 20.2 Å². The summed E-state index contributed by atoms with van der Waals surface area (Å²) in [5, 5.41) is 5.67. The summed E-state index contributed by atoms with van der Waals surface area (Å²) in [5.41, 5.74) is 2.01. The monoisotopic (exact) mass is 348 g/mol. The number of hydrogen-bond donors (Lipinski definition) is 2. The summed E-state index contributed by atoms with van der Waals surface area (Å²) in [5.74, 6) is -0.160. The number of amides is 3. The van der Waals surface area contributed by atoms with Crippen LogP contribution in [0.25, 0.3) is 11.0 Å².